The summed E-state index contributed by atoms with van der Waals surface area (Å²) in [5.74, 6) is 1.94. The standard InChI is InChI=1S/C19H24N4O3S2/c1-3-22-18(13-5-6-13)20-21-19(22)27-12-17(24)15-7-8-16-14(11-15)9-10-23(16)28(25,26)4-2/h7-8,11,13H,3-6,9-10,12H2,1-2H3. The van der Waals surface area contributed by atoms with Crippen molar-refractivity contribution in [2.75, 3.05) is 22.4 Å². The van der Waals surface area contributed by atoms with Crippen LogP contribution in [0.1, 0.15) is 54.4 Å². The van der Waals surface area contributed by atoms with Gasteiger partial charge in [-0.3, -0.25) is 9.10 Å². The van der Waals surface area contributed by atoms with Crippen LogP contribution >= 0.6 is 11.8 Å². The van der Waals surface area contributed by atoms with Gasteiger partial charge in [0.25, 0.3) is 0 Å². The lowest BCUT2D eigenvalue weighted by Gasteiger charge is -2.18. The van der Waals surface area contributed by atoms with Crippen molar-refractivity contribution in [2.45, 2.75) is 50.7 Å². The molecule has 1 fully saturated rings. The third-order valence-electron chi connectivity index (χ3n) is 5.29. The number of fused-ring (bicyclic) bond motifs is 1. The molecule has 4 rings (SSSR count). The largest absolute Gasteiger partial charge is 0.306 e. The molecule has 2 aromatic rings. The number of rotatable bonds is 8. The van der Waals surface area contributed by atoms with Crippen LogP contribution in [-0.4, -0.2) is 47.0 Å². The van der Waals surface area contributed by atoms with Crippen LogP contribution in [-0.2, 0) is 23.0 Å². The molecule has 0 bridgehead atoms. The van der Waals surface area contributed by atoms with Gasteiger partial charge in [0.15, 0.2) is 10.9 Å². The lowest BCUT2D eigenvalue weighted by atomic mass is 10.1. The zero-order valence-electron chi connectivity index (χ0n) is 16.1. The predicted molar refractivity (Wildman–Crippen MR) is 110 cm³/mol. The molecule has 1 aromatic carbocycles. The van der Waals surface area contributed by atoms with Crippen LogP contribution in [0.15, 0.2) is 23.4 Å². The molecule has 1 aliphatic carbocycles. The van der Waals surface area contributed by atoms with Crippen molar-refractivity contribution < 1.29 is 13.2 Å². The Morgan fingerprint density at radius 2 is 2.04 bits per heavy atom. The van der Waals surface area contributed by atoms with Gasteiger partial charge < -0.3 is 4.57 Å². The number of nitrogens with zero attached hydrogens (tertiary/aromatic N) is 4. The Hall–Kier alpha value is -1.87. The fourth-order valence-corrected chi connectivity index (χ4v) is 5.61. The van der Waals surface area contributed by atoms with Gasteiger partial charge in [-0.25, -0.2) is 8.42 Å². The minimum atomic E-state index is -3.27. The Morgan fingerprint density at radius 1 is 1.25 bits per heavy atom. The smallest absolute Gasteiger partial charge is 0.234 e. The summed E-state index contributed by atoms with van der Waals surface area (Å²) in [7, 11) is -3.27. The molecule has 0 spiro atoms. The first-order chi connectivity index (χ1) is 13.4. The Bertz CT molecular complexity index is 1010. The Labute approximate surface area is 169 Å². The van der Waals surface area contributed by atoms with Crippen LogP contribution in [0.3, 0.4) is 0 Å². The molecule has 0 N–H and O–H groups in total. The van der Waals surface area contributed by atoms with E-state index < -0.39 is 10.0 Å². The lowest BCUT2D eigenvalue weighted by molar-refractivity contribution is 0.102. The first-order valence-electron chi connectivity index (χ1n) is 9.67. The number of hydrogen-bond donors (Lipinski definition) is 0. The number of benzene rings is 1. The van der Waals surface area contributed by atoms with Gasteiger partial charge in [-0.1, -0.05) is 11.8 Å². The zero-order chi connectivity index (χ0) is 19.9. The third kappa shape index (κ3) is 3.57. The quantitative estimate of drug-likeness (QED) is 0.482. The summed E-state index contributed by atoms with van der Waals surface area (Å²) in [5.41, 5.74) is 2.23. The average molecular weight is 421 g/mol. The van der Waals surface area contributed by atoms with E-state index in [9.17, 15) is 13.2 Å². The van der Waals surface area contributed by atoms with E-state index in [4.69, 9.17) is 0 Å². The second-order valence-corrected chi connectivity index (χ2v) is 10.3. The Morgan fingerprint density at radius 3 is 2.71 bits per heavy atom. The topological polar surface area (TPSA) is 85.2 Å². The maximum atomic E-state index is 12.7. The molecular formula is C19H24N4O3S2. The van der Waals surface area contributed by atoms with Gasteiger partial charge in [-0.2, -0.15) is 0 Å². The van der Waals surface area contributed by atoms with E-state index in [1.54, 1.807) is 19.1 Å². The van der Waals surface area contributed by atoms with Crippen LogP contribution in [0.25, 0.3) is 0 Å². The second-order valence-electron chi connectivity index (χ2n) is 7.14. The normalized spacial score (nSPS) is 16.4. The molecule has 1 aliphatic heterocycles. The molecule has 7 nitrogen and oxygen atoms in total. The molecule has 9 heteroatoms. The van der Waals surface area contributed by atoms with E-state index in [-0.39, 0.29) is 11.5 Å². The average Bonchev–Trinajstić information content (AvgIpc) is 3.31. The van der Waals surface area contributed by atoms with Crippen molar-refractivity contribution in [2.24, 2.45) is 0 Å². The maximum absolute atomic E-state index is 12.7. The van der Waals surface area contributed by atoms with Crippen molar-refractivity contribution in [3.63, 3.8) is 0 Å². The van der Waals surface area contributed by atoms with E-state index in [1.807, 2.05) is 6.07 Å². The first kappa shape index (κ1) is 19.4. The molecule has 0 atom stereocenters. The Kier molecular flexibility index (Phi) is 5.22. The number of sulfonamides is 1. The molecule has 0 saturated heterocycles. The fourth-order valence-electron chi connectivity index (χ4n) is 3.55. The SMILES string of the molecule is CCn1c(SCC(=O)c2ccc3c(c2)CCN3S(=O)(=O)CC)nnc1C1CC1. The van der Waals surface area contributed by atoms with Crippen LogP contribution in [0, 0.1) is 0 Å². The van der Waals surface area contributed by atoms with Gasteiger partial charge in [-0.15, -0.1) is 10.2 Å². The number of thioether (sulfide) groups is 1. The van der Waals surface area contributed by atoms with Crippen molar-refractivity contribution in [3.8, 4) is 0 Å². The van der Waals surface area contributed by atoms with Crippen molar-refractivity contribution in [1.29, 1.82) is 0 Å². The van der Waals surface area contributed by atoms with Gasteiger partial charge in [0, 0.05) is 24.6 Å². The van der Waals surface area contributed by atoms with Crippen LogP contribution in [0.4, 0.5) is 5.69 Å². The van der Waals surface area contributed by atoms with Crippen LogP contribution in [0.5, 0.6) is 0 Å². The van der Waals surface area contributed by atoms with E-state index in [2.05, 4.69) is 21.7 Å². The number of ketones is 1. The highest BCUT2D eigenvalue weighted by Crippen LogP contribution is 2.40. The van der Waals surface area contributed by atoms with E-state index >= 15 is 0 Å². The van der Waals surface area contributed by atoms with Gasteiger partial charge >= 0.3 is 0 Å². The van der Waals surface area contributed by atoms with Crippen LogP contribution in [0.2, 0.25) is 0 Å². The molecule has 150 valence electrons. The highest BCUT2D eigenvalue weighted by Gasteiger charge is 2.31. The minimum absolute atomic E-state index is 0.0169. The molecule has 0 radical (unpaired) electrons. The third-order valence-corrected chi connectivity index (χ3v) is 8.04. The molecule has 2 heterocycles. The summed E-state index contributed by atoms with van der Waals surface area (Å²) in [6.45, 7) is 4.96. The highest BCUT2D eigenvalue weighted by atomic mass is 32.2. The molecule has 28 heavy (non-hydrogen) atoms. The van der Waals surface area contributed by atoms with Gasteiger partial charge in [0.05, 0.1) is 17.2 Å². The second kappa shape index (κ2) is 7.51. The summed E-state index contributed by atoms with van der Waals surface area (Å²) in [6, 6.07) is 5.32. The lowest BCUT2D eigenvalue weighted by Crippen LogP contribution is -2.30. The molecular weight excluding hydrogens is 396 g/mol. The number of carbonyl (C=O) groups is 1. The number of anilines is 1. The van der Waals surface area contributed by atoms with Gasteiger partial charge in [-0.05, 0) is 56.9 Å². The summed E-state index contributed by atoms with van der Waals surface area (Å²) in [5, 5.41) is 9.36. The first-order valence-corrected chi connectivity index (χ1v) is 12.3. The Balaban J connectivity index is 1.47. The maximum Gasteiger partial charge on any atom is 0.234 e. The monoisotopic (exact) mass is 420 g/mol. The van der Waals surface area contributed by atoms with Crippen molar-refractivity contribution >= 4 is 33.3 Å². The van der Waals surface area contributed by atoms with E-state index in [1.165, 1.54) is 28.9 Å². The van der Waals surface area contributed by atoms with E-state index in [0.717, 1.165) is 23.1 Å². The van der Waals surface area contributed by atoms with E-state index in [0.29, 0.717) is 35.9 Å². The summed E-state index contributed by atoms with van der Waals surface area (Å²) in [4.78, 5) is 12.7. The minimum Gasteiger partial charge on any atom is -0.306 e. The van der Waals surface area contributed by atoms with Gasteiger partial charge in [0.1, 0.15) is 5.82 Å². The molecule has 1 saturated carbocycles. The predicted octanol–water partition coefficient (Wildman–Crippen LogP) is 2.86. The number of aromatic nitrogens is 3. The zero-order valence-corrected chi connectivity index (χ0v) is 17.7. The summed E-state index contributed by atoms with van der Waals surface area (Å²) >= 11 is 1.42. The summed E-state index contributed by atoms with van der Waals surface area (Å²) < 4.78 is 28.0. The number of hydrogen-bond acceptors (Lipinski definition) is 6. The summed E-state index contributed by atoms with van der Waals surface area (Å²) in [6.07, 6.45) is 2.97. The highest BCUT2D eigenvalue weighted by molar-refractivity contribution is 7.99. The molecule has 1 aromatic heterocycles. The van der Waals surface area contributed by atoms with Crippen LogP contribution < -0.4 is 4.31 Å². The van der Waals surface area contributed by atoms with Gasteiger partial charge in [0.2, 0.25) is 10.0 Å². The fraction of sp³-hybridized carbons (Fsp3) is 0.526. The number of carbonyl (C=O) groups excluding carboxylic acids is 1. The van der Waals surface area contributed by atoms with Crippen molar-refractivity contribution in [3.05, 3.63) is 35.2 Å². The number of Topliss-reactive ketones (excluding diaryl/α,β-unsaturated/α-hetero) is 1. The molecule has 2 aliphatic rings. The molecule has 0 unspecified atom stereocenters. The van der Waals surface area contributed by atoms with Crippen molar-refractivity contribution in [1.82, 2.24) is 14.8 Å². The molecule has 0 amide bonds.